The van der Waals surface area contributed by atoms with E-state index in [1.54, 1.807) is 12.1 Å². The lowest BCUT2D eigenvalue weighted by Crippen LogP contribution is -2.31. The van der Waals surface area contributed by atoms with E-state index in [-0.39, 0.29) is 30.4 Å². The van der Waals surface area contributed by atoms with Gasteiger partial charge in [0, 0.05) is 5.02 Å². The molecule has 5 heteroatoms. The Bertz CT molecular complexity index is 518. The average molecular weight is 296 g/mol. The molecule has 2 rings (SSSR count). The van der Waals surface area contributed by atoms with E-state index in [4.69, 9.17) is 16.3 Å². The normalized spacial score (nSPS) is 21.9. The summed E-state index contributed by atoms with van der Waals surface area (Å²) in [5.41, 5.74) is 0.910. The molecule has 1 aromatic carbocycles. The first kappa shape index (κ1) is 14.9. The van der Waals surface area contributed by atoms with E-state index in [9.17, 15) is 9.59 Å². The number of rotatable bonds is 5. The number of hydrogen-bond donors (Lipinski definition) is 1. The van der Waals surface area contributed by atoms with E-state index in [2.05, 4.69) is 5.32 Å². The molecule has 1 aliphatic carbocycles. The van der Waals surface area contributed by atoms with Gasteiger partial charge in [-0.25, -0.2) is 0 Å². The number of carbonyl (C=O) groups is 2. The maximum Gasteiger partial charge on any atom is 0.309 e. The van der Waals surface area contributed by atoms with E-state index in [1.165, 1.54) is 0 Å². The van der Waals surface area contributed by atoms with Crippen molar-refractivity contribution in [2.45, 2.75) is 26.3 Å². The van der Waals surface area contributed by atoms with Crippen LogP contribution in [-0.2, 0) is 14.3 Å². The second-order valence-electron chi connectivity index (χ2n) is 5.27. The Kier molecular flexibility index (Phi) is 4.65. The molecule has 108 valence electrons. The molecule has 1 N–H and O–H groups in total. The molecule has 0 radical (unpaired) electrons. The zero-order valence-electron chi connectivity index (χ0n) is 11.6. The molecule has 0 heterocycles. The minimum absolute atomic E-state index is 0.0202. The monoisotopic (exact) mass is 295 g/mol. The molecule has 0 saturated heterocycles. The van der Waals surface area contributed by atoms with E-state index in [0.29, 0.717) is 10.9 Å². The van der Waals surface area contributed by atoms with Crippen LogP contribution in [-0.4, -0.2) is 18.5 Å². The molecule has 0 aliphatic heterocycles. The molecular formula is C15H18ClNO3. The Morgan fingerprint density at radius 2 is 2.20 bits per heavy atom. The van der Waals surface area contributed by atoms with Crippen molar-refractivity contribution < 1.29 is 14.3 Å². The molecule has 0 spiro atoms. The summed E-state index contributed by atoms with van der Waals surface area (Å²) in [6.07, 6.45) is 0.860. The zero-order valence-corrected chi connectivity index (χ0v) is 12.3. The lowest BCUT2D eigenvalue weighted by Gasteiger charge is -2.14. The van der Waals surface area contributed by atoms with E-state index in [0.717, 1.165) is 12.0 Å². The molecule has 1 amide bonds. The molecule has 4 nitrogen and oxygen atoms in total. The highest BCUT2D eigenvalue weighted by Gasteiger charge is 2.40. The molecular weight excluding hydrogens is 278 g/mol. The Morgan fingerprint density at radius 1 is 1.50 bits per heavy atom. The van der Waals surface area contributed by atoms with Crippen molar-refractivity contribution in [3.63, 3.8) is 0 Å². The van der Waals surface area contributed by atoms with Crippen molar-refractivity contribution in [2.75, 3.05) is 6.61 Å². The minimum atomic E-state index is -0.306. The molecule has 0 unspecified atom stereocenters. The van der Waals surface area contributed by atoms with Gasteiger partial charge in [0.25, 0.3) is 5.91 Å². The first-order valence-electron chi connectivity index (χ1n) is 6.69. The highest BCUT2D eigenvalue weighted by atomic mass is 35.5. The van der Waals surface area contributed by atoms with Crippen LogP contribution >= 0.6 is 11.6 Å². The Morgan fingerprint density at radius 3 is 2.80 bits per heavy atom. The summed E-state index contributed by atoms with van der Waals surface area (Å²) in [6.45, 7) is 3.62. The summed E-state index contributed by atoms with van der Waals surface area (Å²) in [5, 5.41) is 3.40. The second kappa shape index (κ2) is 6.27. The lowest BCUT2D eigenvalue weighted by molar-refractivity contribution is -0.150. The molecule has 1 aliphatic rings. The summed E-state index contributed by atoms with van der Waals surface area (Å²) in [5.74, 6) is -0.216. The maximum absolute atomic E-state index is 11.7. The highest BCUT2D eigenvalue weighted by Crippen LogP contribution is 2.38. The van der Waals surface area contributed by atoms with Crippen molar-refractivity contribution >= 4 is 23.5 Å². The van der Waals surface area contributed by atoms with Crippen molar-refractivity contribution in [2.24, 2.45) is 11.8 Å². The number of nitrogens with one attached hydrogen (secondary N) is 1. The molecule has 1 aromatic rings. The van der Waals surface area contributed by atoms with Crippen molar-refractivity contribution in [1.82, 2.24) is 5.32 Å². The Labute approximate surface area is 123 Å². The van der Waals surface area contributed by atoms with E-state index >= 15 is 0 Å². The first-order valence-corrected chi connectivity index (χ1v) is 7.06. The van der Waals surface area contributed by atoms with Crippen molar-refractivity contribution in [3.05, 3.63) is 34.9 Å². The van der Waals surface area contributed by atoms with Gasteiger partial charge >= 0.3 is 5.97 Å². The second-order valence-corrected chi connectivity index (χ2v) is 5.71. The van der Waals surface area contributed by atoms with Gasteiger partial charge in [0.15, 0.2) is 6.61 Å². The molecule has 20 heavy (non-hydrogen) atoms. The van der Waals surface area contributed by atoms with E-state index in [1.807, 2.05) is 26.0 Å². The summed E-state index contributed by atoms with van der Waals surface area (Å²) >= 11 is 5.90. The number of benzene rings is 1. The van der Waals surface area contributed by atoms with Crippen LogP contribution in [0.4, 0.5) is 0 Å². The third kappa shape index (κ3) is 3.97. The largest absolute Gasteiger partial charge is 0.455 e. The van der Waals surface area contributed by atoms with Gasteiger partial charge in [-0.2, -0.15) is 0 Å². The zero-order chi connectivity index (χ0) is 14.7. The number of amides is 1. The number of esters is 1. The van der Waals surface area contributed by atoms with Crippen LogP contribution in [0.2, 0.25) is 5.02 Å². The van der Waals surface area contributed by atoms with Gasteiger partial charge in [-0.15, -0.1) is 0 Å². The Hall–Kier alpha value is -1.55. The first-order chi connectivity index (χ1) is 9.47. The number of hydrogen-bond acceptors (Lipinski definition) is 3. The smallest absolute Gasteiger partial charge is 0.309 e. The third-order valence-corrected chi connectivity index (χ3v) is 3.72. The Balaban J connectivity index is 1.77. The van der Waals surface area contributed by atoms with Crippen molar-refractivity contribution in [1.29, 1.82) is 0 Å². The van der Waals surface area contributed by atoms with Gasteiger partial charge in [0.05, 0.1) is 12.0 Å². The van der Waals surface area contributed by atoms with Crippen molar-refractivity contribution in [3.8, 4) is 0 Å². The van der Waals surface area contributed by atoms with Gasteiger partial charge in [-0.3, -0.25) is 9.59 Å². The minimum Gasteiger partial charge on any atom is -0.455 e. The van der Waals surface area contributed by atoms with Gasteiger partial charge < -0.3 is 10.1 Å². The lowest BCUT2D eigenvalue weighted by atomic mass is 10.1. The standard InChI is InChI=1S/C15H18ClNO3/c1-9-6-13(9)15(19)20-8-14(18)17-10(2)11-4-3-5-12(16)7-11/h3-5,7,9-10,13H,6,8H2,1-2H3,(H,17,18)/t9-,10-,13+/m0/s1. The van der Waals surface area contributed by atoms with Gasteiger partial charge in [-0.05, 0) is 37.0 Å². The highest BCUT2D eigenvalue weighted by molar-refractivity contribution is 6.30. The number of halogens is 1. The average Bonchev–Trinajstić information content (AvgIpc) is 3.13. The van der Waals surface area contributed by atoms with Crippen LogP contribution in [0.15, 0.2) is 24.3 Å². The molecule has 1 saturated carbocycles. The summed E-state index contributed by atoms with van der Waals surface area (Å²) < 4.78 is 4.98. The molecule has 0 bridgehead atoms. The van der Waals surface area contributed by atoms with E-state index < -0.39 is 0 Å². The van der Waals surface area contributed by atoms with Crippen LogP contribution in [0.25, 0.3) is 0 Å². The summed E-state index contributed by atoms with van der Waals surface area (Å²) in [7, 11) is 0. The maximum atomic E-state index is 11.7. The van der Waals surface area contributed by atoms with Crippen LogP contribution in [0.5, 0.6) is 0 Å². The van der Waals surface area contributed by atoms with Gasteiger partial charge in [-0.1, -0.05) is 30.7 Å². The van der Waals surface area contributed by atoms with Crippen LogP contribution in [0.3, 0.4) is 0 Å². The molecule has 1 fully saturated rings. The number of carbonyl (C=O) groups excluding carboxylic acids is 2. The van der Waals surface area contributed by atoms with Gasteiger partial charge in [0.2, 0.25) is 0 Å². The van der Waals surface area contributed by atoms with Crippen LogP contribution < -0.4 is 5.32 Å². The molecule has 0 aromatic heterocycles. The third-order valence-electron chi connectivity index (χ3n) is 3.48. The van der Waals surface area contributed by atoms with Crippen LogP contribution in [0, 0.1) is 11.8 Å². The predicted octanol–water partition coefficient (Wildman–Crippen LogP) is 2.72. The fraction of sp³-hybridized carbons (Fsp3) is 0.467. The number of ether oxygens (including phenoxy) is 1. The fourth-order valence-electron chi connectivity index (χ4n) is 2.04. The predicted molar refractivity (Wildman–Crippen MR) is 76.2 cm³/mol. The molecule has 3 atom stereocenters. The SMILES string of the molecule is C[C@H](NC(=O)COC(=O)[C@@H]1C[C@@H]1C)c1cccc(Cl)c1. The van der Waals surface area contributed by atoms with Gasteiger partial charge in [0.1, 0.15) is 0 Å². The quantitative estimate of drug-likeness (QED) is 0.850. The fourth-order valence-corrected chi connectivity index (χ4v) is 2.24. The summed E-state index contributed by atoms with van der Waals surface area (Å²) in [6, 6.07) is 7.10. The van der Waals surface area contributed by atoms with Crippen LogP contribution in [0.1, 0.15) is 31.9 Å². The topological polar surface area (TPSA) is 55.4 Å². The summed E-state index contributed by atoms with van der Waals surface area (Å²) in [4.78, 5) is 23.2.